The second-order valence-electron chi connectivity index (χ2n) is 8.19. The van der Waals surface area contributed by atoms with Crippen LogP contribution in [0.3, 0.4) is 0 Å². The average molecular weight is 444 g/mol. The fraction of sp³-hybridized carbons (Fsp3) is 0.391. The molecule has 2 aromatic rings. The molecule has 4 rings (SSSR count). The molecule has 0 bridgehead atoms. The molecule has 0 radical (unpaired) electrons. The van der Waals surface area contributed by atoms with Crippen LogP contribution in [-0.4, -0.2) is 49.7 Å². The summed E-state index contributed by atoms with van der Waals surface area (Å²) in [6.07, 6.45) is 0.240. The Morgan fingerprint density at radius 2 is 1.55 bits per heavy atom. The normalized spacial score (nSPS) is 18.6. The predicted octanol–water partition coefficient (Wildman–Crippen LogP) is 3.19. The first-order chi connectivity index (χ1) is 14.8. The molecular weight excluding hydrogens is 418 g/mol. The summed E-state index contributed by atoms with van der Waals surface area (Å²) in [6, 6.07) is 14.8. The quantitative estimate of drug-likeness (QED) is 0.710. The molecule has 1 saturated heterocycles. The van der Waals surface area contributed by atoms with Gasteiger partial charge in [0.2, 0.25) is 0 Å². The van der Waals surface area contributed by atoms with Crippen LogP contribution >= 0.6 is 0 Å². The van der Waals surface area contributed by atoms with E-state index in [1.807, 2.05) is 48.5 Å². The first kappa shape index (κ1) is 21.4. The van der Waals surface area contributed by atoms with Gasteiger partial charge in [-0.1, -0.05) is 48.5 Å². The van der Waals surface area contributed by atoms with Crippen LogP contribution in [0.1, 0.15) is 36.3 Å². The summed E-state index contributed by atoms with van der Waals surface area (Å²) in [7, 11) is -3.02. The van der Waals surface area contributed by atoms with Gasteiger partial charge < -0.3 is 15.2 Å². The summed E-state index contributed by atoms with van der Waals surface area (Å²) in [5.74, 6) is -1.19. The van der Waals surface area contributed by atoms with Crippen LogP contribution in [0.15, 0.2) is 48.5 Å². The standard InChI is InChI=1S/C23H25NO6S/c25-22(26)21(13-15-9-11-31(28,29)12-10-15)24-23(27)30-14-20-18-7-3-1-5-16(18)17-6-2-4-8-19(17)20/h1-8,15,20-21H,9-14H2,(H,24,27)(H,25,26)/t21-/m0/s1. The Kier molecular flexibility index (Phi) is 6.00. The Morgan fingerprint density at radius 3 is 2.10 bits per heavy atom. The van der Waals surface area contributed by atoms with E-state index in [2.05, 4.69) is 5.32 Å². The van der Waals surface area contributed by atoms with Gasteiger partial charge in [-0.05, 0) is 47.4 Å². The van der Waals surface area contributed by atoms with Crippen LogP contribution in [0, 0.1) is 5.92 Å². The van der Waals surface area contributed by atoms with Crippen LogP contribution in [0.5, 0.6) is 0 Å². The number of carboxylic acids is 1. The lowest BCUT2D eigenvalue weighted by atomic mass is 9.94. The maximum atomic E-state index is 12.4. The van der Waals surface area contributed by atoms with Gasteiger partial charge in [-0.2, -0.15) is 0 Å². The van der Waals surface area contributed by atoms with E-state index >= 15 is 0 Å². The fourth-order valence-electron chi connectivity index (χ4n) is 4.51. The number of fused-ring (bicyclic) bond motifs is 3. The number of rotatable bonds is 6. The van der Waals surface area contributed by atoms with Gasteiger partial charge in [-0.3, -0.25) is 0 Å². The number of aliphatic carboxylic acids is 1. The molecule has 0 unspecified atom stereocenters. The number of amides is 1. The van der Waals surface area contributed by atoms with E-state index in [1.54, 1.807) is 0 Å². The third kappa shape index (κ3) is 4.74. The molecule has 7 nitrogen and oxygen atoms in total. The molecular formula is C23H25NO6S. The number of hydrogen-bond acceptors (Lipinski definition) is 5. The van der Waals surface area contributed by atoms with Crippen molar-refractivity contribution in [1.82, 2.24) is 5.32 Å². The highest BCUT2D eigenvalue weighted by Crippen LogP contribution is 2.44. The van der Waals surface area contributed by atoms with E-state index in [4.69, 9.17) is 4.74 Å². The second kappa shape index (κ2) is 8.70. The van der Waals surface area contributed by atoms with Crippen LogP contribution in [0.4, 0.5) is 4.79 Å². The third-order valence-corrected chi connectivity index (χ3v) is 7.89. The van der Waals surface area contributed by atoms with Gasteiger partial charge in [0.15, 0.2) is 0 Å². The summed E-state index contributed by atoms with van der Waals surface area (Å²) in [5.41, 5.74) is 4.38. The van der Waals surface area contributed by atoms with Crippen LogP contribution in [0.25, 0.3) is 11.1 Å². The summed E-state index contributed by atoms with van der Waals surface area (Å²) in [4.78, 5) is 24.0. The second-order valence-corrected chi connectivity index (χ2v) is 10.5. The van der Waals surface area contributed by atoms with Gasteiger partial charge in [0, 0.05) is 5.92 Å². The zero-order valence-electron chi connectivity index (χ0n) is 17.0. The largest absolute Gasteiger partial charge is 0.480 e. The molecule has 0 spiro atoms. The number of carbonyl (C=O) groups excluding carboxylic acids is 1. The maximum Gasteiger partial charge on any atom is 0.407 e. The van der Waals surface area contributed by atoms with Crippen molar-refractivity contribution in [2.45, 2.75) is 31.2 Å². The molecule has 1 amide bonds. The molecule has 31 heavy (non-hydrogen) atoms. The lowest BCUT2D eigenvalue weighted by Gasteiger charge is -2.25. The van der Waals surface area contributed by atoms with Gasteiger partial charge in [0.25, 0.3) is 0 Å². The number of carboxylic acid groups (broad SMARTS) is 1. The van der Waals surface area contributed by atoms with Crippen molar-refractivity contribution in [3.05, 3.63) is 59.7 Å². The average Bonchev–Trinajstić information content (AvgIpc) is 3.07. The van der Waals surface area contributed by atoms with Crippen molar-refractivity contribution in [2.24, 2.45) is 5.92 Å². The van der Waals surface area contributed by atoms with Gasteiger partial charge in [0.1, 0.15) is 22.5 Å². The fourth-order valence-corrected chi connectivity index (χ4v) is 6.10. The van der Waals surface area contributed by atoms with Gasteiger partial charge in [-0.25, -0.2) is 18.0 Å². The molecule has 2 aromatic carbocycles. The zero-order chi connectivity index (χ0) is 22.0. The summed E-state index contributed by atoms with van der Waals surface area (Å²) >= 11 is 0. The van der Waals surface area contributed by atoms with Gasteiger partial charge in [0.05, 0.1) is 11.5 Å². The monoisotopic (exact) mass is 443 g/mol. The molecule has 8 heteroatoms. The zero-order valence-corrected chi connectivity index (χ0v) is 17.8. The van der Waals surface area contributed by atoms with Gasteiger partial charge in [-0.15, -0.1) is 0 Å². The van der Waals surface area contributed by atoms with Crippen LogP contribution in [-0.2, 0) is 19.4 Å². The maximum absolute atomic E-state index is 12.4. The van der Waals surface area contributed by atoms with Crippen molar-refractivity contribution < 1.29 is 27.9 Å². The van der Waals surface area contributed by atoms with E-state index in [-0.39, 0.29) is 36.4 Å². The minimum absolute atomic E-state index is 0.0569. The summed E-state index contributed by atoms with van der Waals surface area (Å²) < 4.78 is 28.6. The minimum atomic E-state index is -3.02. The molecule has 1 heterocycles. The first-order valence-corrected chi connectivity index (χ1v) is 12.2. The van der Waals surface area contributed by atoms with E-state index in [1.165, 1.54) is 0 Å². The lowest BCUT2D eigenvalue weighted by Crippen LogP contribution is -2.43. The number of ether oxygens (including phenoxy) is 1. The Hall–Kier alpha value is -2.87. The predicted molar refractivity (Wildman–Crippen MR) is 116 cm³/mol. The van der Waals surface area contributed by atoms with E-state index in [0.717, 1.165) is 22.3 Å². The topological polar surface area (TPSA) is 110 Å². The Balaban J connectivity index is 1.38. The minimum Gasteiger partial charge on any atom is -0.480 e. The lowest BCUT2D eigenvalue weighted by molar-refractivity contribution is -0.139. The van der Waals surface area contributed by atoms with Crippen molar-refractivity contribution in [3.63, 3.8) is 0 Å². The number of alkyl carbamates (subject to hydrolysis) is 1. The van der Waals surface area contributed by atoms with Crippen LogP contribution < -0.4 is 5.32 Å². The van der Waals surface area contributed by atoms with Crippen molar-refractivity contribution >= 4 is 21.9 Å². The van der Waals surface area contributed by atoms with E-state index in [0.29, 0.717) is 12.8 Å². The number of nitrogens with one attached hydrogen (secondary N) is 1. The Labute approximate surface area is 181 Å². The van der Waals surface area contributed by atoms with Gasteiger partial charge >= 0.3 is 12.1 Å². The van der Waals surface area contributed by atoms with Crippen molar-refractivity contribution in [3.8, 4) is 11.1 Å². The molecule has 2 N–H and O–H groups in total. The third-order valence-electron chi connectivity index (χ3n) is 6.18. The summed E-state index contributed by atoms with van der Waals surface area (Å²) in [5, 5.41) is 12.0. The molecule has 0 aromatic heterocycles. The van der Waals surface area contributed by atoms with E-state index in [9.17, 15) is 23.1 Å². The molecule has 2 aliphatic rings. The number of hydrogen-bond donors (Lipinski definition) is 2. The highest BCUT2D eigenvalue weighted by molar-refractivity contribution is 7.91. The molecule has 1 fully saturated rings. The van der Waals surface area contributed by atoms with E-state index < -0.39 is 27.9 Å². The molecule has 1 atom stereocenters. The summed E-state index contributed by atoms with van der Waals surface area (Å²) in [6.45, 7) is 0.105. The highest BCUT2D eigenvalue weighted by atomic mass is 32.2. The molecule has 1 aliphatic heterocycles. The SMILES string of the molecule is O=C(N[C@@H](CC1CCS(=O)(=O)CC1)C(=O)O)OCC1c2ccccc2-c2ccccc21. The molecule has 0 saturated carbocycles. The number of benzene rings is 2. The molecule has 1 aliphatic carbocycles. The Bertz CT molecular complexity index is 1040. The molecule has 164 valence electrons. The highest BCUT2D eigenvalue weighted by Gasteiger charge is 2.31. The Morgan fingerprint density at radius 1 is 1.00 bits per heavy atom. The first-order valence-electron chi connectivity index (χ1n) is 10.4. The van der Waals surface area contributed by atoms with Crippen LogP contribution in [0.2, 0.25) is 0 Å². The number of carbonyl (C=O) groups is 2. The van der Waals surface area contributed by atoms with Crippen molar-refractivity contribution in [2.75, 3.05) is 18.1 Å². The number of sulfone groups is 1. The van der Waals surface area contributed by atoms with Crippen molar-refractivity contribution in [1.29, 1.82) is 0 Å². The smallest absolute Gasteiger partial charge is 0.407 e.